The van der Waals surface area contributed by atoms with Crippen LogP contribution < -0.4 is 5.32 Å². The van der Waals surface area contributed by atoms with Gasteiger partial charge in [-0.25, -0.2) is 4.85 Å². The van der Waals surface area contributed by atoms with Crippen LogP contribution in [-0.2, 0) is 13.1 Å². The van der Waals surface area contributed by atoms with E-state index in [-0.39, 0.29) is 23.4 Å². The highest BCUT2D eigenvalue weighted by Gasteiger charge is 2.24. The molecule has 1 amide bonds. The zero-order chi connectivity index (χ0) is 29.3. The van der Waals surface area contributed by atoms with Crippen LogP contribution in [0.15, 0.2) is 60.7 Å². The molecule has 0 radical (unpaired) electrons. The zero-order valence-electron chi connectivity index (χ0n) is 23.7. The SMILES string of the molecule is [C-]#[N+]c1ccc(CN2CCC(NC(=O)c3ccc(C(=O)CC4CCN(Cc5ccc(C#N)cc5)CC4)nn3)CC2)cc1. The Morgan fingerprint density at radius 2 is 1.38 bits per heavy atom. The minimum absolute atomic E-state index is 0.0314. The van der Waals surface area contributed by atoms with Gasteiger partial charge >= 0.3 is 0 Å². The van der Waals surface area contributed by atoms with Gasteiger partial charge in [0.1, 0.15) is 5.69 Å². The van der Waals surface area contributed by atoms with E-state index in [1.807, 2.05) is 48.5 Å². The summed E-state index contributed by atoms with van der Waals surface area (Å²) in [4.78, 5) is 33.8. The second-order valence-electron chi connectivity index (χ2n) is 11.3. The molecule has 2 saturated heterocycles. The van der Waals surface area contributed by atoms with Crippen LogP contribution in [0.3, 0.4) is 0 Å². The third-order valence-electron chi connectivity index (χ3n) is 8.25. The fraction of sp³-hybridized carbons (Fsp3) is 0.394. The average molecular weight is 562 g/mol. The number of ketones is 1. The molecule has 0 unspecified atom stereocenters. The summed E-state index contributed by atoms with van der Waals surface area (Å²) in [6.07, 6.45) is 4.03. The van der Waals surface area contributed by atoms with Gasteiger partial charge in [-0.05, 0) is 80.1 Å². The summed E-state index contributed by atoms with van der Waals surface area (Å²) in [5.74, 6) is 0.0175. The molecule has 2 aliphatic heterocycles. The van der Waals surface area contributed by atoms with Gasteiger partial charge in [-0.15, -0.1) is 10.2 Å². The second-order valence-corrected chi connectivity index (χ2v) is 11.3. The number of rotatable bonds is 9. The van der Waals surface area contributed by atoms with Gasteiger partial charge in [0.15, 0.2) is 17.2 Å². The Kier molecular flexibility index (Phi) is 9.66. The minimum Gasteiger partial charge on any atom is -0.348 e. The first-order valence-corrected chi connectivity index (χ1v) is 14.6. The molecule has 214 valence electrons. The van der Waals surface area contributed by atoms with Gasteiger partial charge in [0.05, 0.1) is 18.2 Å². The second kappa shape index (κ2) is 14.0. The van der Waals surface area contributed by atoms with Crippen LogP contribution in [0.2, 0.25) is 0 Å². The largest absolute Gasteiger partial charge is 0.348 e. The van der Waals surface area contributed by atoms with E-state index in [1.54, 1.807) is 12.1 Å². The van der Waals surface area contributed by atoms with E-state index in [4.69, 9.17) is 11.8 Å². The highest BCUT2D eigenvalue weighted by molar-refractivity contribution is 5.96. The first kappa shape index (κ1) is 29.1. The summed E-state index contributed by atoms with van der Waals surface area (Å²) in [7, 11) is 0. The predicted octanol–water partition coefficient (Wildman–Crippen LogP) is 4.78. The van der Waals surface area contributed by atoms with Gasteiger partial charge in [-0.1, -0.05) is 36.4 Å². The Morgan fingerprint density at radius 1 is 0.833 bits per heavy atom. The molecule has 2 aromatic carbocycles. The topological polar surface area (TPSA) is 107 Å². The number of amides is 1. The number of carbonyl (C=O) groups is 2. The van der Waals surface area contributed by atoms with Crippen molar-refractivity contribution in [3.8, 4) is 6.07 Å². The molecule has 2 fully saturated rings. The Hall–Kier alpha value is -4.44. The smallest absolute Gasteiger partial charge is 0.272 e. The molecule has 9 heteroatoms. The molecular weight excluding hydrogens is 526 g/mol. The number of nitrogens with one attached hydrogen (secondary N) is 1. The summed E-state index contributed by atoms with van der Waals surface area (Å²) in [5.41, 5.74) is 4.22. The normalized spacial score (nSPS) is 16.8. The number of carbonyl (C=O) groups excluding carboxylic acids is 2. The van der Waals surface area contributed by atoms with E-state index < -0.39 is 0 Å². The molecule has 3 aromatic rings. The fourth-order valence-corrected chi connectivity index (χ4v) is 5.69. The van der Waals surface area contributed by atoms with Crippen molar-refractivity contribution in [1.82, 2.24) is 25.3 Å². The van der Waals surface area contributed by atoms with Crippen LogP contribution >= 0.6 is 0 Å². The quantitative estimate of drug-likeness (QED) is 0.296. The Balaban J connectivity index is 1.02. The Labute approximate surface area is 247 Å². The van der Waals surface area contributed by atoms with Crippen LogP contribution in [0.1, 0.15) is 69.8 Å². The summed E-state index contributed by atoms with van der Waals surface area (Å²) < 4.78 is 0. The van der Waals surface area contributed by atoms with Crippen molar-refractivity contribution in [2.45, 2.75) is 51.2 Å². The van der Waals surface area contributed by atoms with E-state index >= 15 is 0 Å². The minimum atomic E-state index is -0.260. The number of piperidine rings is 2. The summed E-state index contributed by atoms with van der Waals surface area (Å²) in [6, 6.07) is 20.8. The molecular formula is C33H35N7O2. The number of hydrogen-bond donors (Lipinski definition) is 1. The lowest BCUT2D eigenvalue weighted by molar-refractivity contribution is 0.0893. The van der Waals surface area contributed by atoms with E-state index in [0.717, 1.165) is 65.0 Å². The monoisotopic (exact) mass is 561 g/mol. The van der Waals surface area contributed by atoms with Crippen molar-refractivity contribution < 1.29 is 9.59 Å². The van der Waals surface area contributed by atoms with Gasteiger partial charge in [0.25, 0.3) is 5.91 Å². The standard InChI is InChI=1S/C33H35N7O2/c1-35-28-8-6-27(7-9-28)23-40-18-14-29(15-19-40)36-33(42)31-11-10-30(37-38-31)32(41)20-24-12-16-39(17-13-24)22-26-4-2-25(21-34)3-5-26/h2-11,24,29H,12-20,22-23H2,(H,36,42). The van der Waals surface area contributed by atoms with Crippen LogP contribution in [0.5, 0.6) is 0 Å². The molecule has 9 nitrogen and oxygen atoms in total. The van der Waals surface area contributed by atoms with Gasteiger partial charge in [-0.2, -0.15) is 5.26 Å². The zero-order valence-corrected chi connectivity index (χ0v) is 23.7. The molecule has 1 aromatic heterocycles. The molecule has 2 aliphatic rings. The van der Waals surface area contributed by atoms with E-state index in [0.29, 0.717) is 29.3 Å². The van der Waals surface area contributed by atoms with Crippen molar-refractivity contribution in [2.24, 2.45) is 5.92 Å². The van der Waals surface area contributed by atoms with Crippen LogP contribution in [0.25, 0.3) is 4.85 Å². The first-order valence-electron chi connectivity index (χ1n) is 14.6. The van der Waals surface area contributed by atoms with Gasteiger partial charge in [-0.3, -0.25) is 19.4 Å². The third-order valence-corrected chi connectivity index (χ3v) is 8.25. The third kappa shape index (κ3) is 7.85. The molecule has 42 heavy (non-hydrogen) atoms. The fourth-order valence-electron chi connectivity index (χ4n) is 5.69. The highest BCUT2D eigenvalue weighted by Crippen LogP contribution is 2.24. The van der Waals surface area contributed by atoms with Crippen LogP contribution in [0, 0.1) is 23.8 Å². The lowest BCUT2D eigenvalue weighted by atomic mass is 9.90. The van der Waals surface area contributed by atoms with E-state index in [1.165, 1.54) is 11.1 Å². The summed E-state index contributed by atoms with van der Waals surface area (Å²) in [5, 5.41) is 20.2. The van der Waals surface area contributed by atoms with E-state index in [9.17, 15) is 9.59 Å². The maximum absolute atomic E-state index is 12.9. The lowest BCUT2D eigenvalue weighted by Crippen LogP contribution is -2.44. The maximum Gasteiger partial charge on any atom is 0.272 e. The number of nitrogens with zero attached hydrogens (tertiary/aromatic N) is 6. The Bertz CT molecular complexity index is 1330. The van der Waals surface area contributed by atoms with Gasteiger partial charge in [0, 0.05) is 38.6 Å². The van der Waals surface area contributed by atoms with Crippen LogP contribution in [-0.4, -0.2) is 63.9 Å². The van der Waals surface area contributed by atoms with Gasteiger partial charge in [0.2, 0.25) is 0 Å². The molecule has 5 rings (SSSR count). The average Bonchev–Trinajstić information content (AvgIpc) is 3.03. The number of hydrogen-bond acceptors (Lipinski definition) is 7. The molecule has 0 aliphatic carbocycles. The number of nitriles is 1. The lowest BCUT2D eigenvalue weighted by Gasteiger charge is -2.32. The van der Waals surface area contributed by atoms with Crippen molar-refractivity contribution >= 4 is 17.4 Å². The van der Waals surface area contributed by atoms with E-state index in [2.05, 4.69) is 36.2 Å². The molecule has 0 spiro atoms. The highest BCUT2D eigenvalue weighted by atomic mass is 16.2. The number of Topliss-reactive ketones (excluding diaryl/α,β-unsaturated/α-hetero) is 1. The van der Waals surface area contributed by atoms with Crippen molar-refractivity contribution in [1.29, 1.82) is 5.26 Å². The number of aromatic nitrogens is 2. The summed E-state index contributed by atoms with van der Waals surface area (Å²) >= 11 is 0. The molecule has 0 atom stereocenters. The summed E-state index contributed by atoms with van der Waals surface area (Å²) in [6.45, 7) is 12.4. The van der Waals surface area contributed by atoms with Crippen molar-refractivity contribution in [3.63, 3.8) is 0 Å². The van der Waals surface area contributed by atoms with Crippen molar-refractivity contribution in [3.05, 3.63) is 100 Å². The molecule has 0 bridgehead atoms. The molecule has 1 N–H and O–H groups in total. The molecule has 0 saturated carbocycles. The maximum atomic E-state index is 12.9. The van der Waals surface area contributed by atoms with Crippen LogP contribution in [0.4, 0.5) is 5.69 Å². The first-order chi connectivity index (χ1) is 20.5. The number of benzene rings is 2. The predicted molar refractivity (Wildman–Crippen MR) is 159 cm³/mol. The number of likely N-dealkylation sites (tertiary alicyclic amines) is 2. The Morgan fingerprint density at radius 3 is 1.93 bits per heavy atom. The van der Waals surface area contributed by atoms with Crippen molar-refractivity contribution in [2.75, 3.05) is 26.2 Å². The molecule has 3 heterocycles. The van der Waals surface area contributed by atoms with Gasteiger partial charge < -0.3 is 5.32 Å².